The topological polar surface area (TPSA) is 86.8 Å². The third-order valence-corrected chi connectivity index (χ3v) is 8.70. The van der Waals surface area contributed by atoms with Gasteiger partial charge in [-0.05, 0) is 53.6 Å². The van der Waals surface area contributed by atoms with Gasteiger partial charge >= 0.3 is 0 Å². The highest BCUT2D eigenvalue weighted by Gasteiger charge is 2.34. The summed E-state index contributed by atoms with van der Waals surface area (Å²) in [6, 6.07) is 27.6. The Morgan fingerprint density at radius 1 is 0.854 bits per heavy atom. The molecule has 0 aliphatic heterocycles. The lowest BCUT2D eigenvalue weighted by atomic mass is 10.0. The van der Waals surface area contributed by atoms with Crippen LogP contribution in [-0.4, -0.2) is 44.8 Å². The zero-order valence-electron chi connectivity index (χ0n) is 22.3. The molecule has 0 heterocycles. The summed E-state index contributed by atoms with van der Waals surface area (Å²) < 4.78 is 42.3. The monoisotopic (exact) mass is 593 g/mol. The number of hydrogen-bond donors (Lipinski definition) is 1. The van der Waals surface area contributed by atoms with Crippen LogP contribution in [-0.2, 0) is 32.6 Å². The number of amides is 2. The van der Waals surface area contributed by atoms with Crippen molar-refractivity contribution in [1.82, 2.24) is 10.2 Å². The van der Waals surface area contributed by atoms with Crippen molar-refractivity contribution in [3.63, 3.8) is 0 Å². The van der Waals surface area contributed by atoms with Gasteiger partial charge in [-0.25, -0.2) is 12.8 Å². The van der Waals surface area contributed by atoms with Crippen molar-refractivity contribution in [2.45, 2.75) is 23.9 Å². The number of carbonyl (C=O) groups is 2. The van der Waals surface area contributed by atoms with Crippen LogP contribution in [0.15, 0.2) is 114 Å². The van der Waals surface area contributed by atoms with Gasteiger partial charge in [-0.1, -0.05) is 78.3 Å². The smallest absolute Gasteiger partial charge is 0.264 e. The highest BCUT2D eigenvalue weighted by atomic mass is 35.5. The number of likely N-dealkylation sites (N-methyl/N-ethyl adjacent to an activating group) is 1. The van der Waals surface area contributed by atoms with E-state index in [0.29, 0.717) is 10.6 Å². The quantitative estimate of drug-likeness (QED) is 0.263. The fourth-order valence-corrected chi connectivity index (χ4v) is 6.02. The lowest BCUT2D eigenvalue weighted by molar-refractivity contribution is -0.139. The second-order valence-electron chi connectivity index (χ2n) is 9.23. The summed E-state index contributed by atoms with van der Waals surface area (Å²) in [7, 11) is -2.77. The third-order valence-electron chi connectivity index (χ3n) is 6.54. The fraction of sp³-hybridized carbons (Fsp3) is 0.161. The number of halogens is 2. The summed E-state index contributed by atoms with van der Waals surface area (Å²) in [6.07, 6.45) is 0.179. The van der Waals surface area contributed by atoms with Crippen molar-refractivity contribution >= 4 is 39.1 Å². The van der Waals surface area contributed by atoms with E-state index in [1.165, 1.54) is 36.2 Å². The molecule has 0 fully saturated rings. The molecular weight excluding hydrogens is 565 g/mol. The highest BCUT2D eigenvalue weighted by Crippen LogP contribution is 2.26. The molecule has 4 aromatic rings. The van der Waals surface area contributed by atoms with Crippen LogP contribution in [0.25, 0.3) is 0 Å². The van der Waals surface area contributed by atoms with Crippen molar-refractivity contribution < 1.29 is 22.4 Å². The average Bonchev–Trinajstić information content (AvgIpc) is 2.99. The lowest BCUT2D eigenvalue weighted by Gasteiger charge is -2.33. The van der Waals surface area contributed by atoms with Crippen LogP contribution in [0.2, 0.25) is 5.02 Å². The van der Waals surface area contributed by atoms with Crippen LogP contribution in [0.5, 0.6) is 0 Å². The summed E-state index contributed by atoms with van der Waals surface area (Å²) in [5, 5.41) is 3.03. The van der Waals surface area contributed by atoms with Crippen molar-refractivity contribution in [2.75, 3.05) is 17.9 Å². The van der Waals surface area contributed by atoms with Gasteiger partial charge in [-0.2, -0.15) is 0 Å². The van der Waals surface area contributed by atoms with E-state index in [-0.39, 0.29) is 23.5 Å². The number of carbonyl (C=O) groups excluding carboxylic acids is 2. The normalized spacial score (nSPS) is 11.9. The fourth-order valence-electron chi connectivity index (χ4n) is 4.39. The molecule has 7 nitrogen and oxygen atoms in total. The molecule has 0 spiro atoms. The van der Waals surface area contributed by atoms with E-state index in [9.17, 15) is 22.4 Å². The van der Waals surface area contributed by atoms with Crippen LogP contribution in [0.4, 0.5) is 10.1 Å². The SMILES string of the molecule is CNC(=O)C(Cc1ccccc1)N(Cc1ccccc1Cl)C(=O)CN(c1ccc(F)cc1)S(=O)(=O)c1ccccc1. The minimum atomic E-state index is -4.25. The predicted molar refractivity (Wildman–Crippen MR) is 157 cm³/mol. The van der Waals surface area contributed by atoms with Gasteiger partial charge in [-0.3, -0.25) is 13.9 Å². The maximum Gasteiger partial charge on any atom is 0.264 e. The molecule has 2 amide bonds. The van der Waals surface area contributed by atoms with Crippen molar-refractivity contribution in [1.29, 1.82) is 0 Å². The number of nitrogens with zero attached hydrogens (tertiary/aromatic N) is 2. The maximum absolute atomic E-state index is 14.2. The summed E-state index contributed by atoms with van der Waals surface area (Å²) in [5.74, 6) is -1.62. The number of anilines is 1. The van der Waals surface area contributed by atoms with Gasteiger partial charge in [0.05, 0.1) is 10.6 Å². The van der Waals surface area contributed by atoms with E-state index in [4.69, 9.17) is 11.6 Å². The molecule has 0 radical (unpaired) electrons. The minimum absolute atomic E-state index is 0.0399. The Morgan fingerprint density at radius 3 is 2.05 bits per heavy atom. The molecule has 0 aliphatic rings. The summed E-state index contributed by atoms with van der Waals surface area (Å²) in [6.45, 7) is -0.693. The largest absolute Gasteiger partial charge is 0.357 e. The second kappa shape index (κ2) is 13.4. The first kappa shape index (κ1) is 29.8. The van der Waals surface area contributed by atoms with Gasteiger partial charge in [0.25, 0.3) is 10.0 Å². The molecule has 0 bridgehead atoms. The molecule has 4 rings (SSSR count). The van der Waals surface area contributed by atoms with E-state index in [2.05, 4.69) is 5.32 Å². The maximum atomic E-state index is 14.2. The number of nitrogens with one attached hydrogen (secondary N) is 1. The number of benzene rings is 4. The summed E-state index contributed by atoms with van der Waals surface area (Å²) in [4.78, 5) is 28.7. The first-order valence-electron chi connectivity index (χ1n) is 12.8. The highest BCUT2D eigenvalue weighted by molar-refractivity contribution is 7.92. The van der Waals surface area contributed by atoms with Crippen molar-refractivity contribution in [2.24, 2.45) is 0 Å². The molecule has 41 heavy (non-hydrogen) atoms. The average molecular weight is 594 g/mol. The van der Waals surface area contributed by atoms with Crippen molar-refractivity contribution in [3.8, 4) is 0 Å². The Labute approximate surface area is 244 Å². The number of sulfonamides is 1. The Kier molecular flexibility index (Phi) is 9.75. The van der Waals surface area contributed by atoms with Crippen LogP contribution in [0.1, 0.15) is 11.1 Å². The molecule has 0 saturated heterocycles. The molecule has 4 aromatic carbocycles. The van der Waals surface area contributed by atoms with E-state index in [0.717, 1.165) is 22.0 Å². The zero-order chi connectivity index (χ0) is 29.4. The molecule has 212 valence electrons. The Bertz CT molecular complexity index is 1590. The predicted octanol–water partition coefficient (Wildman–Crippen LogP) is 5.06. The van der Waals surface area contributed by atoms with Crippen LogP contribution in [0.3, 0.4) is 0 Å². The van der Waals surface area contributed by atoms with Crippen molar-refractivity contribution in [3.05, 3.63) is 131 Å². The van der Waals surface area contributed by atoms with E-state index in [1.54, 1.807) is 42.5 Å². The standard InChI is InChI=1S/C31H29ClFN3O4S/c1-34-31(38)29(20-23-10-4-2-5-11-23)35(21-24-12-8-9-15-28(24)32)30(37)22-36(26-18-16-25(33)17-19-26)41(39,40)27-13-6-3-7-14-27/h2-19,29H,20-22H2,1H3,(H,34,38). The second-order valence-corrected chi connectivity index (χ2v) is 11.5. The van der Waals surface area contributed by atoms with E-state index >= 15 is 0 Å². The molecule has 0 saturated carbocycles. The zero-order valence-corrected chi connectivity index (χ0v) is 23.9. The molecule has 10 heteroatoms. The number of rotatable bonds is 11. The molecular formula is C31H29ClFN3O4S. The van der Waals surface area contributed by atoms with E-state index in [1.807, 2.05) is 30.3 Å². The molecule has 0 aromatic heterocycles. The Balaban J connectivity index is 1.78. The van der Waals surface area contributed by atoms with Crippen LogP contribution >= 0.6 is 11.6 Å². The van der Waals surface area contributed by atoms with Crippen LogP contribution in [0, 0.1) is 5.82 Å². The van der Waals surface area contributed by atoms with Gasteiger partial charge in [0.2, 0.25) is 11.8 Å². The molecule has 1 unspecified atom stereocenters. The first-order chi connectivity index (χ1) is 19.7. The van der Waals surface area contributed by atoms with Gasteiger partial charge in [0.1, 0.15) is 18.4 Å². The first-order valence-corrected chi connectivity index (χ1v) is 14.6. The van der Waals surface area contributed by atoms with Gasteiger partial charge in [0, 0.05) is 25.0 Å². The summed E-state index contributed by atoms with van der Waals surface area (Å²) in [5.41, 5.74) is 1.50. The summed E-state index contributed by atoms with van der Waals surface area (Å²) >= 11 is 6.44. The third kappa shape index (κ3) is 7.31. The molecule has 1 atom stereocenters. The van der Waals surface area contributed by atoms with Gasteiger partial charge < -0.3 is 10.2 Å². The Morgan fingerprint density at radius 2 is 1.44 bits per heavy atom. The minimum Gasteiger partial charge on any atom is -0.357 e. The lowest BCUT2D eigenvalue weighted by Crippen LogP contribution is -2.53. The van der Waals surface area contributed by atoms with Crippen LogP contribution < -0.4 is 9.62 Å². The van der Waals surface area contributed by atoms with Gasteiger partial charge in [-0.15, -0.1) is 0 Å². The number of hydrogen-bond acceptors (Lipinski definition) is 4. The molecule has 0 aliphatic carbocycles. The molecule has 1 N–H and O–H groups in total. The van der Waals surface area contributed by atoms with E-state index < -0.39 is 40.2 Å². The Hall–Kier alpha value is -4.21. The van der Waals surface area contributed by atoms with Gasteiger partial charge in [0.15, 0.2) is 0 Å².